The molecular weight excluding hydrogens is 250 g/mol. The summed E-state index contributed by atoms with van der Waals surface area (Å²) in [5.41, 5.74) is -0.340. The van der Waals surface area contributed by atoms with Crippen molar-refractivity contribution in [3.63, 3.8) is 0 Å². The van der Waals surface area contributed by atoms with Gasteiger partial charge in [-0.2, -0.15) is 0 Å². The van der Waals surface area contributed by atoms with Crippen LogP contribution in [-0.2, 0) is 4.79 Å². The normalized spacial score (nSPS) is 39.0. The monoisotopic (exact) mass is 279 g/mol. The van der Waals surface area contributed by atoms with Crippen LogP contribution >= 0.6 is 0 Å². The molecule has 0 aromatic heterocycles. The van der Waals surface area contributed by atoms with Gasteiger partial charge in [0.15, 0.2) is 0 Å². The summed E-state index contributed by atoms with van der Waals surface area (Å²) in [6, 6.07) is 1.26. The largest absolute Gasteiger partial charge is 0.321 e. The first kappa shape index (κ1) is 14.3. The van der Waals surface area contributed by atoms with Gasteiger partial charge in [0.2, 0.25) is 5.91 Å². The molecule has 3 atom stereocenters. The van der Waals surface area contributed by atoms with E-state index in [0.717, 1.165) is 38.3 Å². The van der Waals surface area contributed by atoms with Crippen molar-refractivity contribution in [1.82, 2.24) is 15.1 Å². The molecular formula is C16H29N3O. The van der Waals surface area contributed by atoms with Crippen LogP contribution in [0, 0.1) is 0 Å². The maximum absolute atomic E-state index is 12.9. The Hall–Kier alpha value is -0.610. The molecule has 4 heteroatoms. The first-order valence-corrected chi connectivity index (χ1v) is 8.43. The van der Waals surface area contributed by atoms with Gasteiger partial charge in [-0.1, -0.05) is 20.3 Å². The first-order valence-electron chi connectivity index (χ1n) is 8.43. The molecule has 0 bridgehead atoms. The Balaban J connectivity index is 1.73. The topological polar surface area (TPSA) is 35.6 Å². The van der Waals surface area contributed by atoms with Crippen LogP contribution in [-0.4, -0.2) is 52.6 Å². The molecule has 1 amide bonds. The third-order valence-corrected chi connectivity index (χ3v) is 5.45. The van der Waals surface area contributed by atoms with Crippen molar-refractivity contribution in [1.29, 1.82) is 0 Å². The summed E-state index contributed by atoms with van der Waals surface area (Å²) >= 11 is 0. The van der Waals surface area contributed by atoms with Gasteiger partial charge >= 0.3 is 0 Å². The average molecular weight is 279 g/mol. The van der Waals surface area contributed by atoms with Gasteiger partial charge in [-0.3, -0.25) is 15.0 Å². The summed E-state index contributed by atoms with van der Waals surface area (Å²) in [6.45, 7) is 8.67. The van der Waals surface area contributed by atoms with Crippen molar-refractivity contribution in [2.24, 2.45) is 0 Å². The molecule has 2 saturated heterocycles. The van der Waals surface area contributed by atoms with Crippen LogP contribution < -0.4 is 5.32 Å². The number of likely N-dealkylation sites (tertiary alicyclic amines) is 1. The SMILES string of the molecule is CCCC1NC(C)(CC)C(=O)N1C1CCN(C2CC2)C1. The molecule has 0 aromatic carbocycles. The Morgan fingerprint density at radius 3 is 2.60 bits per heavy atom. The molecule has 1 saturated carbocycles. The number of carbonyl (C=O) groups excluding carboxylic acids is 1. The van der Waals surface area contributed by atoms with E-state index in [9.17, 15) is 4.79 Å². The molecule has 3 unspecified atom stereocenters. The molecule has 2 aliphatic heterocycles. The Kier molecular flexibility index (Phi) is 3.80. The third kappa shape index (κ3) is 2.37. The van der Waals surface area contributed by atoms with Crippen molar-refractivity contribution in [2.45, 2.75) is 83.1 Å². The molecule has 1 aliphatic carbocycles. The van der Waals surface area contributed by atoms with Gasteiger partial charge in [0.05, 0.1) is 11.7 Å². The van der Waals surface area contributed by atoms with E-state index >= 15 is 0 Å². The minimum Gasteiger partial charge on any atom is -0.321 e. The summed E-state index contributed by atoms with van der Waals surface area (Å²) in [4.78, 5) is 17.7. The molecule has 2 heterocycles. The Morgan fingerprint density at radius 2 is 2.00 bits per heavy atom. The molecule has 4 nitrogen and oxygen atoms in total. The van der Waals surface area contributed by atoms with Gasteiger partial charge in [-0.05, 0) is 39.0 Å². The third-order valence-electron chi connectivity index (χ3n) is 5.45. The van der Waals surface area contributed by atoms with Crippen LogP contribution in [0.1, 0.15) is 59.3 Å². The lowest BCUT2D eigenvalue weighted by molar-refractivity contribution is -0.135. The highest BCUT2D eigenvalue weighted by molar-refractivity contribution is 5.88. The van der Waals surface area contributed by atoms with Gasteiger partial charge in [0, 0.05) is 25.2 Å². The van der Waals surface area contributed by atoms with Crippen LogP contribution in [0.5, 0.6) is 0 Å². The van der Waals surface area contributed by atoms with E-state index in [0.29, 0.717) is 11.9 Å². The van der Waals surface area contributed by atoms with Crippen molar-refractivity contribution in [3.8, 4) is 0 Å². The predicted molar refractivity (Wildman–Crippen MR) is 80.4 cm³/mol. The van der Waals surface area contributed by atoms with E-state index in [1.54, 1.807) is 0 Å². The minimum atomic E-state index is -0.340. The van der Waals surface area contributed by atoms with Gasteiger partial charge < -0.3 is 4.90 Å². The standard InChI is InChI=1S/C16H29N3O/c1-4-6-14-17-16(3,5-2)15(20)19(14)13-9-10-18(11-13)12-7-8-12/h12-14,17H,4-11H2,1-3H3. The van der Waals surface area contributed by atoms with Crippen molar-refractivity contribution in [2.75, 3.05) is 13.1 Å². The second-order valence-electron chi connectivity index (χ2n) is 7.02. The maximum Gasteiger partial charge on any atom is 0.244 e. The van der Waals surface area contributed by atoms with Crippen molar-refractivity contribution < 1.29 is 4.79 Å². The van der Waals surface area contributed by atoms with E-state index in [1.165, 1.54) is 19.4 Å². The summed E-state index contributed by atoms with van der Waals surface area (Å²) in [7, 11) is 0. The quantitative estimate of drug-likeness (QED) is 0.835. The molecule has 20 heavy (non-hydrogen) atoms. The van der Waals surface area contributed by atoms with Crippen molar-refractivity contribution in [3.05, 3.63) is 0 Å². The molecule has 3 rings (SSSR count). The van der Waals surface area contributed by atoms with E-state index in [2.05, 4.69) is 35.9 Å². The zero-order valence-corrected chi connectivity index (χ0v) is 13.2. The maximum atomic E-state index is 12.9. The minimum absolute atomic E-state index is 0.251. The molecule has 114 valence electrons. The first-order chi connectivity index (χ1) is 9.59. The number of hydrogen-bond donors (Lipinski definition) is 1. The lowest BCUT2D eigenvalue weighted by atomic mass is 9.99. The molecule has 1 N–H and O–H groups in total. The van der Waals surface area contributed by atoms with E-state index in [-0.39, 0.29) is 11.7 Å². The van der Waals surface area contributed by atoms with E-state index in [1.807, 2.05) is 0 Å². The fraction of sp³-hybridized carbons (Fsp3) is 0.938. The number of amides is 1. The Morgan fingerprint density at radius 1 is 1.25 bits per heavy atom. The number of rotatable bonds is 5. The molecule has 3 aliphatic rings. The fourth-order valence-corrected chi connectivity index (χ4v) is 3.85. The zero-order chi connectivity index (χ0) is 14.3. The predicted octanol–water partition coefficient (Wildman–Crippen LogP) is 1.95. The van der Waals surface area contributed by atoms with E-state index < -0.39 is 0 Å². The van der Waals surface area contributed by atoms with Crippen LogP contribution in [0.2, 0.25) is 0 Å². The smallest absolute Gasteiger partial charge is 0.244 e. The number of carbonyl (C=O) groups is 1. The lowest BCUT2D eigenvalue weighted by Gasteiger charge is -2.30. The summed E-state index contributed by atoms with van der Waals surface area (Å²) in [5.74, 6) is 0.334. The molecule has 0 aromatic rings. The highest BCUT2D eigenvalue weighted by Crippen LogP contribution is 2.35. The summed E-state index contributed by atoms with van der Waals surface area (Å²) in [6.07, 6.45) is 7.21. The number of nitrogens with zero attached hydrogens (tertiary/aromatic N) is 2. The van der Waals surface area contributed by atoms with E-state index in [4.69, 9.17) is 0 Å². The second-order valence-corrected chi connectivity index (χ2v) is 7.02. The van der Waals surface area contributed by atoms with Gasteiger partial charge in [-0.15, -0.1) is 0 Å². The Bertz CT molecular complexity index is 382. The molecule has 0 spiro atoms. The fourth-order valence-electron chi connectivity index (χ4n) is 3.85. The van der Waals surface area contributed by atoms with Gasteiger partial charge in [0.25, 0.3) is 0 Å². The Labute approximate surface area is 122 Å². The van der Waals surface area contributed by atoms with Crippen LogP contribution in [0.25, 0.3) is 0 Å². The molecule has 3 fully saturated rings. The summed E-state index contributed by atoms with van der Waals surface area (Å²) in [5, 5.41) is 3.61. The highest BCUT2D eigenvalue weighted by Gasteiger charge is 2.50. The van der Waals surface area contributed by atoms with Gasteiger partial charge in [0.1, 0.15) is 0 Å². The van der Waals surface area contributed by atoms with Crippen molar-refractivity contribution >= 4 is 5.91 Å². The van der Waals surface area contributed by atoms with Gasteiger partial charge in [-0.25, -0.2) is 0 Å². The van der Waals surface area contributed by atoms with Crippen LogP contribution in [0.15, 0.2) is 0 Å². The zero-order valence-electron chi connectivity index (χ0n) is 13.2. The lowest BCUT2D eigenvalue weighted by Crippen LogP contribution is -2.46. The second kappa shape index (κ2) is 5.30. The number of hydrogen-bond acceptors (Lipinski definition) is 3. The number of nitrogens with one attached hydrogen (secondary N) is 1. The molecule has 0 radical (unpaired) electrons. The summed E-state index contributed by atoms with van der Waals surface area (Å²) < 4.78 is 0. The average Bonchev–Trinajstić information content (AvgIpc) is 3.12. The van der Waals surface area contributed by atoms with Crippen LogP contribution in [0.4, 0.5) is 0 Å². The van der Waals surface area contributed by atoms with Crippen LogP contribution in [0.3, 0.4) is 0 Å². The highest BCUT2D eigenvalue weighted by atomic mass is 16.2.